The van der Waals surface area contributed by atoms with Gasteiger partial charge in [-0.15, -0.1) is 0 Å². The Morgan fingerprint density at radius 1 is 1.10 bits per heavy atom. The van der Waals surface area contributed by atoms with Crippen LogP contribution in [0, 0.1) is 0 Å². The summed E-state index contributed by atoms with van der Waals surface area (Å²) in [5, 5.41) is 6.77. The Hall–Kier alpha value is -2.28. The number of hydrogen-bond donors (Lipinski definition) is 2. The molecule has 0 radical (unpaired) electrons. The highest BCUT2D eigenvalue weighted by molar-refractivity contribution is 5.79. The Morgan fingerprint density at radius 2 is 1.83 bits per heavy atom. The second-order valence-electron chi connectivity index (χ2n) is 7.57. The van der Waals surface area contributed by atoms with Gasteiger partial charge in [-0.05, 0) is 63.4 Å². The molecule has 7 heteroatoms. The number of rotatable bonds is 12. The largest absolute Gasteiger partial charge is 0.497 e. The number of nitrogens with one attached hydrogen (secondary N) is 2. The van der Waals surface area contributed by atoms with Crippen molar-refractivity contribution in [1.82, 2.24) is 15.5 Å². The van der Waals surface area contributed by atoms with Crippen LogP contribution in [0.4, 0.5) is 0 Å². The summed E-state index contributed by atoms with van der Waals surface area (Å²) in [5.41, 5.74) is 1.28. The molecule has 7 nitrogen and oxygen atoms in total. The Bertz CT molecular complexity index is 642. The van der Waals surface area contributed by atoms with Crippen LogP contribution < -0.4 is 15.4 Å². The van der Waals surface area contributed by atoms with E-state index in [2.05, 4.69) is 39.3 Å². The number of unbranched alkanes of at least 4 members (excludes halogenated alkanes) is 2. The van der Waals surface area contributed by atoms with E-state index in [-0.39, 0.29) is 12.0 Å². The van der Waals surface area contributed by atoms with E-state index < -0.39 is 0 Å². The fourth-order valence-corrected chi connectivity index (χ4v) is 3.71. The Kier molecular flexibility index (Phi) is 11.1. The van der Waals surface area contributed by atoms with E-state index in [1.54, 1.807) is 7.11 Å². The van der Waals surface area contributed by atoms with Gasteiger partial charge in [0.1, 0.15) is 5.75 Å². The van der Waals surface area contributed by atoms with Crippen molar-refractivity contribution in [3.8, 4) is 5.75 Å². The van der Waals surface area contributed by atoms with E-state index in [9.17, 15) is 4.79 Å². The first-order valence-electron chi connectivity index (χ1n) is 11.1. The molecule has 2 N–H and O–H groups in total. The van der Waals surface area contributed by atoms with Gasteiger partial charge in [0.05, 0.1) is 26.8 Å². The lowest BCUT2D eigenvalue weighted by Gasteiger charge is -2.27. The number of benzene rings is 1. The van der Waals surface area contributed by atoms with Gasteiger partial charge in [0, 0.05) is 19.5 Å². The highest BCUT2D eigenvalue weighted by Gasteiger charge is 2.23. The summed E-state index contributed by atoms with van der Waals surface area (Å²) in [5.74, 6) is 1.59. The zero-order valence-electron chi connectivity index (χ0n) is 18.8. The third-order valence-electron chi connectivity index (χ3n) is 5.43. The van der Waals surface area contributed by atoms with Crippen LogP contribution >= 0.6 is 0 Å². The van der Waals surface area contributed by atoms with Gasteiger partial charge >= 0.3 is 5.97 Å². The van der Waals surface area contributed by atoms with Gasteiger partial charge in [0.2, 0.25) is 0 Å². The Labute approximate surface area is 181 Å². The maximum Gasteiger partial charge on any atom is 0.305 e. The number of likely N-dealkylation sites (tertiary alicyclic amines) is 1. The maximum atomic E-state index is 11.2. The second-order valence-corrected chi connectivity index (χ2v) is 7.57. The molecule has 0 aromatic heterocycles. The number of carbonyl (C=O) groups is 1. The van der Waals surface area contributed by atoms with Gasteiger partial charge in [0.15, 0.2) is 5.96 Å². The van der Waals surface area contributed by atoms with Crippen LogP contribution in [0.1, 0.15) is 57.1 Å². The Balaban J connectivity index is 1.91. The third-order valence-corrected chi connectivity index (χ3v) is 5.43. The minimum Gasteiger partial charge on any atom is -0.497 e. The molecular weight excluding hydrogens is 380 g/mol. The lowest BCUT2D eigenvalue weighted by molar-refractivity contribution is -0.140. The topological polar surface area (TPSA) is 75.2 Å². The first-order valence-corrected chi connectivity index (χ1v) is 11.1. The molecule has 1 aromatic rings. The smallest absolute Gasteiger partial charge is 0.305 e. The minimum atomic E-state index is -0.135. The lowest BCUT2D eigenvalue weighted by atomic mass is 10.1. The fraction of sp³-hybridized carbons (Fsp3) is 0.652. The number of esters is 1. The zero-order chi connectivity index (χ0) is 21.6. The number of ether oxygens (including phenoxy) is 2. The molecule has 1 unspecified atom stereocenters. The molecule has 30 heavy (non-hydrogen) atoms. The molecule has 1 atom stereocenters. The number of aliphatic imine (C=N–C) groups is 1. The number of nitrogens with zero attached hydrogens (tertiary/aromatic N) is 2. The predicted octanol–water partition coefficient (Wildman–Crippen LogP) is 3.12. The zero-order valence-corrected chi connectivity index (χ0v) is 18.8. The maximum absolute atomic E-state index is 11.2. The molecule has 1 aromatic carbocycles. The van der Waals surface area contributed by atoms with Gasteiger partial charge in [-0.25, -0.2) is 0 Å². The van der Waals surface area contributed by atoms with Crippen LogP contribution in [0.3, 0.4) is 0 Å². The Morgan fingerprint density at radius 3 is 2.47 bits per heavy atom. The summed E-state index contributed by atoms with van der Waals surface area (Å²) < 4.78 is 9.99. The van der Waals surface area contributed by atoms with Crippen molar-refractivity contribution < 1.29 is 14.3 Å². The average Bonchev–Trinajstić information content (AvgIpc) is 3.30. The van der Waals surface area contributed by atoms with Gasteiger partial charge in [0.25, 0.3) is 0 Å². The SMILES string of the molecule is CCNC(=NCC(c1ccc(OC)cc1)N1CCCC1)NCCCCCC(=O)OC. The molecule has 0 aliphatic carbocycles. The normalized spacial score (nSPS) is 15.6. The van der Waals surface area contributed by atoms with Crippen molar-refractivity contribution in [2.24, 2.45) is 4.99 Å². The van der Waals surface area contributed by atoms with Crippen molar-refractivity contribution in [3.63, 3.8) is 0 Å². The summed E-state index contributed by atoms with van der Waals surface area (Å²) in [6.07, 6.45) is 5.83. The molecule has 1 saturated heterocycles. The first-order chi connectivity index (χ1) is 14.7. The van der Waals surface area contributed by atoms with E-state index in [0.29, 0.717) is 13.0 Å². The van der Waals surface area contributed by atoms with Gasteiger partial charge in [-0.2, -0.15) is 0 Å². The molecule has 0 bridgehead atoms. The van der Waals surface area contributed by atoms with Crippen LogP contribution in [-0.4, -0.2) is 63.8 Å². The van der Waals surface area contributed by atoms with E-state index in [1.807, 2.05) is 12.1 Å². The summed E-state index contributed by atoms with van der Waals surface area (Å²) in [4.78, 5) is 18.6. The average molecular weight is 419 g/mol. The predicted molar refractivity (Wildman–Crippen MR) is 121 cm³/mol. The van der Waals surface area contributed by atoms with Crippen molar-refractivity contribution in [2.45, 2.75) is 51.5 Å². The summed E-state index contributed by atoms with van der Waals surface area (Å²) in [7, 11) is 3.13. The van der Waals surface area contributed by atoms with Crippen molar-refractivity contribution in [2.75, 3.05) is 46.9 Å². The molecular formula is C23H38N4O3. The summed E-state index contributed by atoms with van der Waals surface area (Å²) >= 11 is 0. The van der Waals surface area contributed by atoms with Gasteiger partial charge < -0.3 is 20.1 Å². The highest BCUT2D eigenvalue weighted by Crippen LogP contribution is 2.27. The van der Waals surface area contributed by atoms with Crippen LogP contribution in [-0.2, 0) is 9.53 Å². The number of guanidine groups is 1. The molecule has 0 amide bonds. The number of methoxy groups -OCH3 is 2. The molecule has 0 saturated carbocycles. The van der Waals surface area contributed by atoms with E-state index in [0.717, 1.165) is 57.2 Å². The summed E-state index contributed by atoms with van der Waals surface area (Å²) in [6.45, 7) is 6.70. The van der Waals surface area contributed by atoms with Gasteiger partial charge in [-0.3, -0.25) is 14.7 Å². The standard InChI is InChI=1S/C23H38N4O3/c1-4-24-23(25-15-7-5-6-10-22(28)30-3)26-18-21(27-16-8-9-17-27)19-11-13-20(29-2)14-12-19/h11-14,21H,4-10,15-18H2,1-3H3,(H2,24,25,26). The minimum absolute atomic E-state index is 0.135. The molecule has 1 aliphatic heterocycles. The summed E-state index contributed by atoms with van der Waals surface area (Å²) in [6, 6.07) is 8.63. The van der Waals surface area contributed by atoms with E-state index >= 15 is 0 Å². The lowest BCUT2D eigenvalue weighted by Crippen LogP contribution is -2.38. The molecule has 1 aliphatic rings. The number of hydrogen-bond acceptors (Lipinski definition) is 5. The quantitative estimate of drug-likeness (QED) is 0.235. The van der Waals surface area contributed by atoms with Crippen LogP contribution in [0.5, 0.6) is 5.75 Å². The first kappa shape index (κ1) is 24.0. The molecule has 1 fully saturated rings. The van der Waals surface area contributed by atoms with E-state index in [1.165, 1.54) is 25.5 Å². The molecule has 1 heterocycles. The van der Waals surface area contributed by atoms with Crippen LogP contribution in [0.25, 0.3) is 0 Å². The van der Waals surface area contributed by atoms with Crippen LogP contribution in [0.2, 0.25) is 0 Å². The fourth-order valence-electron chi connectivity index (χ4n) is 3.71. The van der Waals surface area contributed by atoms with E-state index in [4.69, 9.17) is 9.73 Å². The number of carbonyl (C=O) groups excluding carboxylic acids is 1. The second kappa shape index (κ2) is 13.9. The van der Waals surface area contributed by atoms with Crippen LogP contribution in [0.15, 0.2) is 29.3 Å². The highest BCUT2D eigenvalue weighted by atomic mass is 16.5. The monoisotopic (exact) mass is 418 g/mol. The molecule has 2 rings (SSSR count). The van der Waals surface area contributed by atoms with Crippen molar-refractivity contribution in [1.29, 1.82) is 0 Å². The van der Waals surface area contributed by atoms with Gasteiger partial charge in [-0.1, -0.05) is 18.6 Å². The van der Waals surface area contributed by atoms with Crippen molar-refractivity contribution in [3.05, 3.63) is 29.8 Å². The van der Waals surface area contributed by atoms with Crippen molar-refractivity contribution >= 4 is 11.9 Å². The third kappa shape index (κ3) is 8.22. The molecule has 0 spiro atoms. The molecule has 168 valence electrons.